The van der Waals surface area contributed by atoms with Gasteiger partial charge < -0.3 is 19.5 Å². The summed E-state index contributed by atoms with van der Waals surface area (Å²) in [7, 11) is 1.68. The van der Waals surface area contributed by atoms with Gasteiger partial charge in [-0.15, -0.1) is 0 Å². The Morgan fingerprint density at radius 2 is 1.53 bits per heavy atom. The molecule has 17 heavy (non-hydrogen) atoms. The Balaban J connectivity index is 3.03. The molecule has 0 rings (SSSR count). The average Bonchev–Trinajstić information content (AvgIpc) is 2.31. The van der Waals surface area contributed by atoms with Crippen molar-refractivity contribution in [2.75, 3.05) is 46.7 Å². The number of hydrogen-bond acceptors (Lipinski definition) is 4. The predicted molar refractivity (Wildman–Crippen MR) is 70.4 cm³/mol. The van der Waals surface area contributed by atoms with Crippen molar-refractivity contribution in [3.05, 3.63) is 0 Å². The molecule has 0 spiro atoms. The highest BCUT2D eigenvalue weighted by Crippen LogP contribution is 1.98. The van der Waals surface area contributed by atoms with Gasteiger partial charge in [-0.05, 0) is 19.3 Å². The lowest BCUT2D eigenvalue weighted by atomic mass is 10.1. The van der Waals surface area contributed by atoms with E-state index in [1.807, 2.05) is 0 Å². The van der Waals surface area contributed by atoms with Crippen molar-refractivity contribution in [1.82, 2.24) is 5.32 Å². The van der Waals surface area contributed by atoms with E-state index in [-0.39, 0.29) is 0 Å². The molecule has 1 unspecified atom stereocenters. The van der Waals surface area contributed by atoms with Crippen LogP contribution in [0, 0.1) is 5.92 Å². The topological polar surface area (TPSA) is 39.7 Å². The molecule has 0 heterocycles. The fraction of sp³-hybridized carbons (Fsp3) is 1.00. The molecule has 0 bridgehead atoms. The maximum Gasteiger partial charge on any atom is 0.0700 e. The van der Waals surface area contributed by atoms with E-state index in [1.54, 1.807) is 7.11 Å². The van der Waals surface area contributed by atoms with Crippen LogP contribution >= 0.6 is 0 Å². The quantitative estimate of drug-likeness (QED) is 0.533. The zero-order chi connectivity index (χ0) is 12.9. The van der Waals surface area contributed by atoms with Crippen LogP contribution in [0.5, 0.6) is 0 Å². The standard InChI is InChI=1S/C13H29NO3/c1-12(2)13(3)14-6-9-16-7-5-8-17-11-10-15-4/h12-14H,5-11H2,1-4H3. The minimum atomic E-state index is 0.552. The first-order valence-corrected chi connectivity index (χ1v) is 6.56. The summed E-state index contributed by atoms with van der Waals surface area (Å²) >= 11 is 0. The van der Waals surface area contributed by atoms with Crippen LogP contribution in [0.1, 0.15) is 27.2 Å². The van der Waals surface area contributed by atoms with E-state index < -0.39 is 0 Å². The first-order chi connectivity index (χ1) is 8.18. The fourth-order valence-corrected chi connectivity index (χ4v) is 1.20. The molecule has 1 N–H and O–H groups in total. The van der Waals surface area contributed by atoms with Crippen molar-refractivity contribution in [3.8, 4) is 0 Å². The van der Waals surface area contributed by atoms with Crippen LogP contribution in [-0.2, 0) is 14.2 Å². The highest BCUT2D eigenvalue weighted by atomic mass is 16.5. The molecule has 1 atom stereocenters. The molecule has 4 heteroatoms. The molecule has 0 saturated heterocycles. The Morgan fingerprint density at radius 1 is 0.882 bits per heavy atom. The van der Waals surface area contributed by atoms with Gasteiger partial charge in [0.1, 0.15) is 0 Å². The van der Waals surface area contributed by atoms with Gasteiger partial charge in [0.2, 0.25) is 0 Å². The third-order valence-electron chi connectivity index (χ3n) is 2.72. The van der Waals surface area contributed by atoms with Crippen LogP contribution in [-0.4, -0.2) is 52.7 Å². The van der Waals surface area contributed by atoms with E-state index in [0.29, 0.717) is 25.2 Å². The molecule has 0 aliphatic carbocycles. The molecule has 0 aliphatic heterocycles. The summed E-state index contributed by atoms with van der Waals surface area (Å²) in [6.07, 6.45) is 0.948. The molecule has 104 valence electrons. The van der Waals surface area contributed by atoms with Crippen molar-refractivity contribution in [2.24, 2.45) is 5.92 Å². The summed E-state index contributed by atoms with van der Waals surface area (Å²) in [5, 5.41) is 3.43. The molecular formula is C13H29NO3. The minimum Gasteiger partial charge on any atom is -0.382 e. The lowest BCUT2D eigenvalue weighted by Gasteiger charge is -2.17. The first kappa shape index (κ1) is 16.8. The van der Waals surface area contributed by atoms with Crippen LogP contribution in [0.4, 0.5) is 0 Å². The summed E-state index contributed by atoms with van der Waals surface area (Å²) in [4.78, 5) is 0. The lowest BCUT2D eigenvalue weighted by Crippen LogP contribution is -2.33. The maximum absolute atomic E-state index is 5.50. The van der Waals surface area contributed by atoms with Crippen LogP contribution < -0.4 is 5.32 Å². The fourth-order valence-electron chi connectivity index (χ4n) is 1.20. The van der Waals surface area contributed by atoms with E-state index >= 15 is 0 Å². The molecule has 0 amide bonds. The van der Waals surface area contributed by atoms with Gasteiger partial charge in [-0.2, -0.15) is 0 Å². The van der Waals surface area contributed by atoms with Gasteiger partial charge in [0.15, 0.2) is 0 Å². The van der Waals surface area contributed by atoms with Crippen LogP contribution in [0.3, 0.4) is 0 Å². The molecule has 0 fully saturated rings. The third-order valence-corrected chi connectivity index (χ3v) is 2.72. The zero-order valence-corrected chi connectivity index (χ0v) is 11.8. The normalized spacial score (nSPS) is 13.2. The summed E-state index contributed by atoms with van der Waals surface area (Å²) in [6, 6.07) is 0.552. The van der Waals surface area contributed by atoms with Crippen LogP contribution in [0.2, 0.25) is 0 Å². The van der Waals surface area contributed by atoms with E-state index in [2.05, 4.69) is 26.1 Å². The largest absolute Gasteiger partial charge is 0.382 e. The molecule has 0 aromatic rings. The number of ether oxygens (including phenoxy) is 3. The first-order valence-electron chi connectivity index (χ1n) is 6.56. The second-order valence-corrected chi connectivity index (χ2v) is 4.56. The Labute approximate surface area is 106 Å². The van der Waals surface area contributed by atoms with Gasteiger partial charge in [-0.25, -0.2) is 0 Å². The molecule has 0 aromatic carbocycles. The highest BCUT2D eigenvalue weighted by molar-refractivity contribution is 4.63. The molecule has 4 nitrogen and oxygen atoms in total. The van der Waals surface area contributed by atoms with Gasteiger partial charge >= 0.3 is 0 Å². The molecule has 0 aromatic heterocycles. The monoisotopic (exact) mass is 247 g/mol. The Kier molecular flexibility index (Phi) is 12.2. The van der Waals surface area contributed by atoms with Crippen molar-refractivity contribution in [2.45, 2.75) is 33.2 Å². The number of rotatable bonds is 12. The maximum atomic E-state index is 5.50. The van der Waals surface area contributed by atoms with Gasteiger partial charge in [0.05, 0.1) is 19.8 Å². The summed E-state index contributed by atoms with van der Waals surface area (Å²) < 4.78 is 15.7. The van der Waals surface area contributed by atoms with Crippen molar-refractivity contribution >= 4 is 0 Å². The van der Waals surface area contributed by atoms with Crippen LogP contribution in [0.25, 0.3) is 0 Å². The lowest BCUT2D eigenvalue weighted by molar-refractivity contribution is 0.0515. The number of methoxy groups -OCH3 is 1. The Bertz CT molecular complexity index is 154. The zero-order valence-electron chi connectivity index (χ0n) is 11.8. The SMILES string of the molecule is COCCOCCCOCCNC(C)C(C)C. The predicted octanol–water partition coefficient (Wildman–Crippen LogP) is 1.69. The number of hydrogen-bond donors (Lipinski definition) is 1. The summed E-state index contributed by atoms with van der Waals surface area (Å²) in [5.74, 6) is 0.671. The van der Waals surface area contributed by atoms with E-state index in [0.717, 1.165) is 32.8 Å². The molecular weight excluding hydrogens is 218 g/mol. The second kappa shape index (κ2) is 12.3. The Hall–Kier alpha value is -0.160. The van der Waals surface area contributed by atoms with Gasteiger partial charge in [0, 0.05) is 32.9 Å². The summed E-state index contributed by atoms with van der Waals surface area (Å²) in [5.41, 5.74) is 0. The van der Waals surface area contributed by atoms with E-state index in [4.69, 9.17) is 14.2 Å². The van der Waals surface area contributed by atoms with Crippen molar-refractivity contribution < 1.29 is 14.2 Å². The Morgan fingerprint density at radius 3 is 2.12 bits per heavy atom. The van der Waals surface area contributed by atoms with Crippen LogP contribution in [0.15, 0.2) is 0 Å². The van der Waals surface area contributed by atoms with Gasteiger partial charge in [0.25, 0.3) is 0 Å². The number of nitrogens with one attached hydrogen (secondary N) is 1. The molecule has 0 saturated carbocycles. The van der Waals surface area contributed by atoms with Crippen molar-refractivity contribution in [1.29, 1.82) is 0 Å². The van der Waals surface area contributed by atoms with Crippen molar-refractivity contribution in [3.63, 3.8) is 0 Å². The second-order valence-electron chi connectivity index (χ2n) is 4.56. The van der Waals surface area contributed by atoms with E-state index in [1.165, 1.54) is 0 Å². The summed E-state index contributed by atoms with van der Waals surface area (Å²) in [6.45, 7) is 11.2. The minimum absolute atomic E-state index is 0.552. The third kappa shape index (κ3) is 12.1. The molecule has 0 radical (unpaired) electrons. The molecule has 0 aliphatic rings. The van der Waals surface area contributed by atoms with Gasteiger partial charge in [-0.1, -0.05) is 13.8 Å². The van der Waals surface area contributed by atoms with Gasteiger partial charge in [-0.3, -0.25) is 0 Å². The smallest absolute Gasteiger partial charge is 0.0700 e. The highest BCUT2D eigenvalue weighted by Gasteiger charge is 2.04. The van der Waals surface area contributed by atoms with E-state index in [9.17, 15) is 0 Å². The average molecular weight is 247 g/mol.